The second kappa shape index (κ2) is 11.8. The zero-order chi connectivity index (χ0) is 25.5. The van der Waals surface area contributed by atoms with E-state index in [4.69, 9.17) is 23.2 Å². The molecule has 0 aliphatic heterocycles. The minimum absolute atomic E-state index is 0.0261. The first-order chi connectivity index (χ1) is 16.7. The van der Waals surface area contributed by atoms with E-state index in [9.17, 15) is 19.7 Å². The van der Waals surface area contributed by atoms with E-state index < -0.39 is 4.92 Å². The van der Waals surface area contributed by atoms with Gasteiger partial charge in [-0.3, -0.25) is 19.7 Å². The lowest BCUT2D eigenvalue weighted by Crippen LogP contribution is -2.18. The van der Waals surface area contributed by atoms with Crippen LogP contribution in [0, 0.1) is 17.0 Å². The van der Waals surface area contributed by atoms with E-state index >= 15 is 0 Å². The Hall–Kier alpha value is -3.41. The van der Waals surface area contributed by atoms with Gasteiger partial charge in [0, 0.05) is 18.7 Å². The molecule has 0 bridgehead atoms. The van der Waals surface area contributed by atoms with Crippen LogP contribution in [-0.2, 0) is 22.6 Å². The highest BCUT2D eigenvalue weighted by atomic mass is 35.5. The molecule has 3 rings (SSSR count). The van der Waals surface area contributed by atoms with Gasteiger partial charge in [0.2, 0.25) is 11.8 Å². The summed E-state index contributed by atoms with van der Waals surface area (Å²) in [7, 11) is 0. The predicted octanol–water partition coefficient (Wildman–Crippen LogP) is 4.90. The first-order valence-electron chi connectivity index (χ1n) is 10.1. The van der Waals surface area contributed by atoms with Crippen molar-refractivity contribution in [2.24, 2.45) is 0 Å². The number of carbonyl (C=O) groups excluding carboxylic acids is 2. The van der Waals surface area contributed by atoms with Gasteiger partial charge in [-0.1, -0.05) is 53.2 Å². The minimum Gasteiger partial charge on any atom is -0.325 e. The van der Waals surface area contributed by atoms with E-state index in [-0.39, 0.29) is 34.7 Å². The molecular weight excluding hydrogens is 515 g/mol. The second-order valence-corrected chi connectivity index (χ2v) is 8.95. The monoisotopic (exact) mass is 534 g/mol. The molecule has 2 N–H and O–H groups in total. The fourth-order valence-corrected chi connectivity index (χ4v) is 4.10. The van der Waals surface area contributed by atoms with Crippen molar-refractivity contribution in [1.29, 1.82) is 0 Å². The Labute approximate surface area is 214 Å². The number of aryl methyl sites for hydroxylation is 1. The number of amides is 2. The molecule has 182 valence electrons. The number of nitrogens with one attached hydrogen (secondary N) is 2. The van der Waals surface area contributed by atoms with Gasteiger partial charge in [0.05, 0.1) is 38.5 Å². The summed E-state index contributed by atoms with van der Waals surface area (Å²) in [6.07, 6.45) is 1.53. The molecular formula is C22H20Cl2N6O4S. The van der Waals surface area contributed by atoms with Gasteiger partial charge in [0.25, 0.3) is 5.69 Å². The highest BCUT2D eigenvalue weighted by molar-refractivity contribution is 7.99. The summed E-state index contributed by atoms with van der Waals surface area (Å²) >= 11 is 13.2. The number of nitrogens with zero attached hydrogens (tertiary/aromatic N) is 4. The van der Waals surface area contributed by atoms with Crippen molar-refractivity contribution in [2.75, 3.05) is 16.4 Å². The van der Waals surface area contributed by atoms with E-state index in [2.05, 4.69) is 27.4 Å². The number of nitro benzene ring substituents is 1. The van der Waals surface area contributed by atoms with Gasteiger partial charge in [0.15, 0.2) is 5.16 Å². The zero-order valence-corrected chi connectivity index (χ0v) is 20.8. The Morgan fingerprint density at radius 2 is 1.91 bits per heavy atom. The number of rotatable bonds is 10. The fourth-order valence-electron chi connectivity index (χ4n) is 2.98. The molecule has 10 nitrogen and oxygen atoms in total. The first kappa shape index (κ1) is 26.2. The predicted molar refractivity (Wildman–Crippen MR) is 136 cm³/mol. The van der Waals surface area contributed by atoms with Crippen LogP contribution in [0.3, 0.4) is 0 Å². The van der Waals surface area contributed by atoms with Gasteiger partial charge in [-0.15, -0.1) is 16.8 Å². The molecule has 1 heterocycles. The lowest BCUT2D eigenvalue weighted by Gasteiger charge is -2.10. The lowest BCUT2D eigenvalue weighted by atomic mass is 10.2. The number of carbonyl (C=O) groups is 2. The van der Waals surface area contributed by atoms with Crippen molar-refractivity contribution in [1.82, 2.24) is 14.8 Å². The molecule has 0 saturated heterocycles. The molecule has 2 amide bonds. The average Bonchev–Trinajstić information content (AvgIpc) is 3.18. The number of halogens is 2. The Balaban J connectivity index is 1.66. The second-order valence-electron chi connectivity index (χ2n) is 7.22. The van der Waals surface area contributed by atoms with Crippen molar-refractivity contribution >= 4 is 63.8 Å². The summed E-state index contributed by atoms with van der Waals surface area (Å²) in [4.78, 5) is 35.5. The molecule has 0 radical (unpaired) electrons. The number of benzene rings is 2. The third-order valence-electron chi connectivity index (χ3n) is 4.69. The number of allylic oxidation sites excluding steroid dienone is 1. The van der Waals surface area contributed by atoms with Crippen molar-refractivity contribution in [3.8, 4) is 0 Å². The minimum atomic E-state index is -0.528. The van der Waals surface area contributed by atoms with Crippen LogP contribution in [0.4, 0.5) is 17.1 Å². The van der Waals surface area contributed by atoms with Crippen LogP contribution >= 0.6 is 35.0 Å². The van der Waals surface area contributed by atoms with E-state index in [0.717, 1.165) is 11.8 Å². The van der Waals surface area contributed by atoms with Crippen LogP contribution in [0.5, 0.6) is 0 Å². The maximum atomic E-state index is 12.5. The highest BCUT2D eigenvalue weighted by Crippen LogP contribution is 2.29. The number of nitro groups is 1. The molecule has 13 heteroatoms. The number of hydrogen-bond donors (Lipinski definition) is 2. The van der Waals surface area contributed by atoms with Gasteiger partial charge in [-0.05, 0) is 24.6 Å². The van der Waals surface area contributed by atoms with Gasteiger partial charge in [-0.2, -0.15) is 0 Å². The quantitative estimate of drug-likeness (QED) is 0.163. The van der Waals surface area contributed by atoms with Gasteiger partial charge in [0.1, 0.15) is 5.82 Å². The van der Waals surface area contributed by atoms with Crippen LogP contribution in [0.25, 0.3) is 0 Å². The summed E-state index contributed by atoms with van der Waals surface area (Å²) in [6, 6.07) is 9.15. The Kier molecular flexibility index (Phi) is 8.85. The molecule has 0 atom stereocenters. The summed E-state index contributed by atoms with van der Waals surface area (Å²) in [5, 5.41) is 25.5. The van der Waals surface area contributed by atoms with Crippen molar-refractivity contribution < 1.29 is 14.5 Å². The number of thioether (sulfide) groups is 1. The highest BCUT2D eigenvalue weighted by Gasteiger charge is 2.18. The molecule has 0 spiro atoms. The topological polar surface area (TPSA) is 132 Å². The third-order valence-corrected chi connectivity index (χ3v) is 6.47. The Morgan fingerprint density at radius 1 is 1.17 bits per heavy atom. The van der Waals surface area contributed by atoms with Gasteiger partial charge in [-0.25, -0.2) is 0 Å². The molecule has 2 aromatic carbocycles. The van der Waals surface area contributed by atoms with Crippen molar-refractivity contribution in [2.45, 2.75) is 25.0 Å². The normalized spacial score (nSPS) is 10.6. The molecule has 35 heavy (non-hydrogen) atoms. The summed E-state index contributed by atoms with van der Waals surface area (Å²) < 4.78 is 1.67. The molecule has 0 saturated carbocycles. The zero-order valence-electron chi connectivity index (χ0n) is 18.5. The summed E-state index contributed by atoms with van der Waals surface area (Å²) in [5.41, 5.74) is 1.30. The lowest BCUT2D eigenvalue weighted by molar-refractivity contribution is -0.384. The van der Waals surface area contributed by atoms with E-state index in [1.54, 1.807) is 41.8 Å². The smallest absolute Gasteiger partial charge is 0.271 e. The van der Waals surface area contributed by atoms with Gasteiger partial charge < -0.3 is 15.2 Å². The number of anilines is 2. The molecule has 0 aliphatic rings. The average molecular weight is 535 g/mol. The van der Waals surface area contributed by atoms with Crippen molar-refractivity contribution in [3.63, 3.8) is 0 Å². The van der Waals surface area contributed by atoms with E-state index in [0.29, 0.717) is 39.5 Å². The maximum absolute atomic E-state index is 12.5. The number of non-ortho nitro benzene ring substituents is 1. The Bertz CT molecular complexity index is 1300. The number of aromatic nitrogens is 3. The van der Waals surface area contributed by atoms with Crippen LogP contribution in [0.1, 0.15) is 11.4 Å². The van der Waals surface area contributed by atoms with E-state index in [1.165, 1.54) is 12.1 Å². The molecule has 1 aromatic heterocycles. The van der Waals surface area contributed by atoms with Crippen LogP contribution < -0.4 is 10.6 Å². The van der Waals surface area contributed by atoms with E-state index in [1.807, 2.05) is 0 Å². The van der Waals surface area contributed by atoms with Crippen LogP contribution in [-0.4, -0.2) is 37.3 Å². The first-order valence-corrected chi connectivity index (χ1v) is 11.9. The molecule has 3 aromatic rings. The summed E-state index contributed by atoms with van der Waals surface area (Å²) in [5.74, 6) is -0.399. The van der Waals surface area contributed by atoms with Crippen LogP contribution in [0.15, 0.2) is 54.2 Å². The molecule has 0 aliphatic carbocycles. The molecule has 0 fully saturated rings. The van der Waals surface area contributed by atoms with Crippen LogP contribution in [0.2, 0.25) is 10.0 Å². The fraction of sp³-hybridized carbons (Fsp3) is 0.182. The molecule has 0 unspecified atom stereocenters. The Morgan fingerprint density at radius 3 is 2.63 bits per heavy atom. The standard InChI is InChI=1S/C22H20Cl2N6O4S/c1-3-9-29-18(11-19(31)25-16-6-4-5-15(23)21(16)24)27-28-22(29)35-12-20(32)26-17-10-14(30(33)34)8-7-13(17)2/h3-8,10H,1,9,11-12H2,2H3,(H,25,31)(H,26,32). The maximum Gasteiger partial charge on any atom is 0.271 e. The summed E-state index contributed by atoms with van der Waals surface area (Å²) in [6.45, 7) is 5.77. The third kappa shape index (κ3) is 6.81. The largest absolute Gasteiger partial charge is 0.325 e. The SMILES string of the molecule is C=CCn1c(CC(=O)Nc2cccc(Cl)c2Cl)nnc1SCC(=O)Nc1cc([N+](=O)[O-])ccc1C. The number of hydrogen-bond acceptors (Lipinski definition) is 7. The van der Waals surface area contributed by atoms with Crippen molar-refractivity contribution in [3.05, 3.63) is 80.6 Å². The van der Waals surface area contributed by atoms with Gasteiger partial charge >= 0.3 is 0 Å².